The van der Waals surface area contributed by atoms with E-state index in [1.165, 1.54) is 38.5 Å². The highest BCUT2D eigenvalue weighted by atomic mass is 19.4. The van der Waals surface area contributed by atoms with Crippen LogP contribution in [0.2, 0.25) is 0 Å². The van der Waals surface area contributed by atoms with Crippen molar-refractivity contribution in [3.8, 4) is 11.5 Å². The normalized spacial score (nSPS) is 21.4. The van der Waals surface area contributed by atoms with E-state index in [4.69, 9.17) is 4.74 Å². The summed E-state index contributed by atoms with van der Waals surface area (Å²) < 4.78 is 47.2. The van der Waals surface area contributed by atoms with E-state index in [1.807, 2.05) is 0 Å². The molecule has 1 saturated heterocycles. The van der Waals surface area contributed by atoms with Gasteiger partial charge in [-0.2, -0.15) is 0 Å². The molecule has 4 nitrogen and oxygen atoms in total. The molecule has 0 amide bonds. The van der Waals surface area contributed by atoms with Gasteiger partial charge in [0.15, 0.2) is 0 Å². The van der Waals surface area contributed by atoms with E-state index < -0.39 is 6.36 Å². The highest BCUT2D eigenvalue weighted by Gasteiger charge is 2.34. The molecule has 2 aliphatic rings. The molecule has 1 aromatic rings. The SMILES string of the molecule is COc1cc(OC(F)(F)F)ccc1[C@H](C1CCCCC1)N1CCNCC1. The summed E-state index contributed by atoms with van der Waals surface area (Å²) in [5.41, 5.74) is 0.968. The number of nitrogens with one attached hydrogen (secondary N) is 1. The Kier molecular flexibility index (Phi) is 6.29. The standard InChI is InChI=1S/C19H27F3N2O2/c1-25-17-13-15(26-19(20,21)22)7-8-16(17)18(14-5-3-2-4-6-14)24-11-9-23-10-12-24/h7-8,13-14,18,23H,2-6,9-12H2,1H3/t18-/m0/s1. The molecule has 0 spiro atoms. The average Bonchev–Trinajstić information content (AvgIpc) is 2.63. The Bertz CT molecular complexity index is 565. The van der Waals surface area contributed by atoms with Crippen LogP contribution in [0.1, 0.15) is 43.7 Å². The lowest BCUT2D eigenvalue weighted by Gasteiger charge is -2.41. The molecule has 1 aliphatic heterocycles. The van der Waals surface area contributed by atoms with Gasteiger partial charge in [-0.15, -0.1) is 13.2 Å². The van der Waals surface area contributed by atoms with Crippen molar-refractivity contribution in [3.05, 3.63) is 23.8 Å². The van der Waals surface area contributed by atoms with Crippen LogP contribution in [-0.2, 0) is 0 Å². The van der Waals surface area contributed by atoms with Crippen LogP contribution in [-0.4, -0.2) is 44.6 Å². The van der Waals surface area contributed by atoms with Crippen LogP contribution in [0.4, 0.5) is 13.2 Å². The lowest BCUT2D eigenvalue weighted by Crippen LogP contribution is -2.47. The molecule has 7 heteroatoms. The first-order chi connectivity index (χ1) is 12.5. The summed E-state index contributed by atoms with van der Waals surface area (Å²) in [6.45, 7) is 3.73. The van der Waals surface area contributed by atoms with Gasteiger partial charge in [-0.05, 0) is 24.8 Å². The number of piperazine rings is 1. The van der Waals surface area contributed by atoms with Crippen molar-refractivity contribution >= 4 is 0 Å². The minimum absolute atomic E-state index is 0.173. The Morgan fingerprint density at radius 2 is 1.81 bits per heavy atom. The van der Waals surface area contributed by atoms with Crippen molar-refractivity contribution in [1.29, 1.82) is 0 Å². The predicted octanol–water partition coefficient (Wildman–Crippen LogP) is 4.12. The number of methoxy groups -OCH3 is 1. The van der Waals surface area contributed by atoms with Gasteiger partial charge >= 0.3 is 6.36 Å². The van der Waals surface area contributed by atoms with E-state index >= 15 is 0 Å². The summed E-state index contributed by atoms with van der Waals surface area (Å²) >= 11 is 0. The lowest BCUT2D eigenvalue weighted by molar-refractivity contribution is -0.274. The van der Waals surface area contributed by atoms with Crippen LogP contribution in [0.15, 0.2) is 18.2 Å². The van der Waals surface area contributed by atoms with Gasteiger partial charge in [0.05, 0.1) is 7.11 Å². The third kappa shape index (κ3) is 4.82. The van der Waals surface area contributed by atoms with Gasteiger partial charge in [0.2, 0.25) is 0 Å². The highest BCUT2D eigenvalue weighted by molar-refractivity contribution is 5.43. The largest absolute Gasteiger partial charge is 0.573 e. The Hall–Kier alpha value is -1.47. The zero-order chi connectivity index (χ0) is 18.6. The van der Waals surface area contributed by atoms with Gasteiger partial charge in [0.1, 0.15) is 11.5 Å². The van der Waals surface area contributed by atoms with Crippen LogP contribution in [0.5, 0.6) is 11.5 Å². The monoisotopic (exact) mass is 372 g/mol. The summed E-state index contributed by atoms with van der Waals surface area (Å²) in [5.74, 6) is 0.742. The Balaban J connectivity index is 1.91. The fraction of sp³-hybridized carbons (Fsp3) is 0.684. The molecule has 0 unspecified atom stereocenters. The van der Waals surface area contributed by atoms with Gasteiger partial charge in [-0.3, -0.25) is 4.90 Å². The molecule has 1 N–H and O–H groups in total. The number of halogens is 3. The summed E-state index contributed by atoms with van der Waals surface area (Å²) in [5, 5.41) is 3.37. The van der Waals surface area contributed by atoms with E-state index in [0.29, 0.717) is 11.7 Å². The Labute approximate surface area is 152 Å². The zero-order valence-corrected chi connectivity index (χ0v) is 15.1. The van der Waals surface area contributed by atoms with Gasteiger partial charge < -0.3 is 14.8 Å². The highest BCUT2D eigenvalue weighted by Crippen LogP contribution is 2.43. The molecule has 1 heterocycles. The van der Waals surface area contributed by atoms with Gasteiger partial charge in [-0.25, -0.2) is 0 Å². The average molecular weight is 372 g/mol. The number of nitrogens with zero attached hydrogens (tertiary/aromatic N) is 1. The molecule has 1 aliphatic carbocycles. The van der Waals surface area contributed by atoms with Crippen molar-refractivity contribution in [2.75, 3.05) is 33.3 Å². The molecule has 1 saturated carbocycles. The maximum atomic E-state index is 12.5. The summed E-state index contributed by atoms with van der Waals surface area (Å²) in [4.78, 5) is 2.45. The van der Waals surface area contributed by atoms with Crippen LogP contribution in [0, 0.1) is 5.92 Å². The number of ether oxygens (including phenoxy) is 2. The van der Waals surface area contributed by atoms with E-state index in [-0.39, 0.29) is 11.8 Å². The molecule has 146 valence electrons. The topological polar surface area (TPSA) is 33.7 Å². The van der Waals surface area contributed by atoms with Crippen molar-refractivity contribution in [2.24, 2.45) is 5.92 Å². The summed E-state index contributed by atoms with van der Waals surface area (Å²) in [6.07, 6.45) is 1.29. The maximum Gasteiger partial charge on any atom is 0.573 e. The first-order valence-corrected chi connectivity index (χ1v) is 9.36. The number of alkyl halides is 3. The molecule has 3 rings (SSSR count). The molecular formula is C19H27F3N2O2. The third-order valence-electron chi connectivity index (χ3n) is 5.40. The molecule has 0 aromatic heterocycles. The second-order valence-electron chi connectivity index (χ2n) is 7.08. The number of hydrogen-bond acceptors (Lipinski definition) is 4. The van der Waals surface area contributed by atoms with Crippen molar-refractivity contribution < 1.29 is 22.6 Å². The van der Waals surface area contributed by atoms with Crippen LogP contribution in [0.25, 0.3) is 0 Å². The first kappa shape index (κ1) is 19.3. The Morgan fingerprint density at radius 3 is 2.42 bits per heavy atom. The molecule has 0 radical (unpaired) electrons. The second-order valence-corrected chi connectivity index (χ2v) is 7.08. The van der Waals surface area contributed by atoms with E-state index in [1.54, 1.807) is 6.07 Å². The lowest BCUT2D eigenvalue weighted by atomic mass is 9.80. The first-order valence-electron chi connectivity index (χ1n) is 9.36. The summed E-state index contributed by atoms with van der Waals surface area (Å²) in [7, 11) is 1.51. The van der Waals surface area contributed by atoms with Crippen LogP contribution in [0.3, 0.4) is 0 Å². The van der Waals surface area contributed by atoms with Gasteiger partial charge in [-0.1, -0.05) is 25.3 Å². The predicted molar refractivity (Wildman–Crippen MR) is 93.4 cm³/mol. The fourth-order valence-corrected chi connectivity index (χ4v) is 4.29. The molecule has 1 atom stereocenters. The van der Waals surface area contributed by atoms with E-state index in [9.17, 15) is 13.2 Å². The van der Waals surface area contributed by atoms with Crippen LogP contribution < -0.4 is 14.8 Å². The zero-order valence-electron chi connectivity index (χ0n) is 15.1. The minimum atomic E-state index is -4.70. The van der Waals surface area contributed by atoms with Crippen molar-refractivity contribution in [1.82, 2.24) is 10.2 Å². The quantitative estimate of drug-likeness (QED) is 0.843. The molecule has 0 bridgehead atoms. The van der Waals surface area contributed by atoms with Crippen molar-refractivity contribution in [2.45, 2.75) is 44.5 Å². The smallest absolute Gasteiger partial charge is 0.496 e. The third-order valence-corrected chi connectivity index (χ3v) is 5.40. The van der Waals surface area contributed by atoms with E-state index in [0.717, 1.165) is 44.6 Å². The number of rotatable bonds is 5. The fourth-order valence-electron chi connectivity index (χ4n) is 4.29. The second kappa shape index (κ2) is 8.48. The Morgan fingerprint density at radius 1 is 1.12 bits per heavy atom. The summed E-state index contributed by atoms with van der Waals surface area (Å²) in [6, 6.07) is 4.69. The van der Waals surface area contributed by atoms with Gasteiger partial charge in [0.25, 0.3) is 0 Å². The molecular weight excluding hydrogens is 345 g/mol. The molecule has 1 aromatic carbocycles. The number of hydrogen-bond donors (Lipinski definition) is 1. The van der Waals surface area contributed by atoms with Gasteiger partial charge in [0, 0.05) is 43.9 Å². The van der Waals surface area contributed by atoms with Crippen molar-refractivity contribution in [3.63, 3.8) is 0 Å². The number of benzene rings is 1. The molecule has 2 fully saturated rings. The molecule has 26 heavy (non-hydrogen) atoms. The minimum Gasteiger partial charge on any atom is -0.496 e. The van der Waals surface area contributed by atoms with Crippen LogP contribution >= 0.6 is 0 Å². The van der Waals surface area contributed by atoms with E-state index in [2.05, 4.69) is 15.0 Å². The maximum absolute atomic E-state index is 12.5.